The molecule has 1 rings (SSSR count). The minimum absolute atomic E-state index is 0.552. The average Bonchev–Trinajstić information content (AvgIpc) is 2.71. The van der Waals surface area contributed by atoms with Crippen LogP contribution in [0.3, 0.4) is 0 Å². The molecule has 1 aromatic rings. The number of rotatable bonds is 4. The minimum atomic E-state index is -0.913. The number of aromatic nitrogens is 2. The molecule has 14 heavy (non-hydrogen) atoms. The summed E-state index contributed by atoms with van der Waals surface area (Å²) >= 11 is 1.60. The summed E-state index contributed by atoms with van der Waals surface area (Å²) in [4.78, 5) is 16.5. The summed E-state index contributed by atoms with van der Waals surface area (Å²) in [7, 11) is 0. The number of H-pyrrole nitrogens is 1. The Morgan fingerprint density at radius 3 is 2.79 bits per heavy atom. The van der Waals surface area contributed by atoms with Gasteiger partial charge < -0.3 is 15.8 Å². The quantitative estimate of drug-likeness (QED) is 0.685. The van der Waals surface area contributed by atoms with Gasteiger partial charge in [0.2, 0.25) is 0 Å². The zero-order valence-corrected chi connectivity index (χ0v) is 8.83. The van der Waals surface area contributed by atoms with E-state index in [9.17, 15) is 4.79 Å². The van der Waals surface area contributed by atoms with Gasteiger partial charge in [-0.05, 0) is 18.4 Å². The Morgan fingerprint density at radius 1 is 1.79 bits per heavy atom. The molecule has 6 heteroatoms. The SMILES string of the molecule is CSCCC(N)C(=O)O.c1c[nH]cn1. The zero-order chi connectivity index (χ0) is 10.8. The van der Waals surface area contributed by atoms with Crippen molar-refractivity contribution in [3.63, 3.8) is 0 Å². The lowest BCUT2D eigenvalue weighted by Crippen LogP contribution is -2.30. The third kappa shape index (κ3) is 7.63. The van der Waals surface area contributed by atoms with Crippen LogP contribution in [0.25, 0.3) is 0 Å². The van der Waals surface area contributed by atoms with Crippen molar-refractivity contribution in [3.05, 3.63) is 18.7 Å². The van der Waals surface area contributed by atoms with Crippen molar-refractivity contribution in [1.82, 2.24) is 9.97 Å². The van der Waals surface area contributed by atoms with Crippen LogP contribution in [0.5, 0.6) is 0 Å². The summed E-state index contributed by atoms with van der Waals surface area (Å²) < 4.78 is 0. The monoisotopic (exact) mass is 217 g/mol. The van der Waals surface area contributed by atoms with E-state index in [0.717, 1.165) is 5.75 Å². The second-order valence-corrected chi connectivity index (χ2v) is 3.47. The third-order valence-electron chi connectivity index (χ3n) is 1.36. The number of carboxylic acids is 1. The number of thioether (sulfide) groups is 1. The molecule has 0 aliphatic rings. The molecule has 0 aromatic carbocycles. The summed E-state index contributed by atoms with van der Waals surface area (Å²) in [5, 5.41) is 8.27. The van der Waals surface area contributed by atoms with Gasteiger partial charge in [0.05, 0.1) is 6.33 Å². The molecule has 0 amide bonds. The Kier molecular flexibility index (Phi) is 7.96. The highest BCUT2D eigenvalue weighted by Crippen LogP contribution is 1.97. The summed E-state index contributed by atoms with van der Waals surface area (Å²) in [6.45, 7) is 0. The highest BCUT2D eigenvalue weighted by Gasteiger charge is 2.08. The molecule has 80 valence electrons. The summed E-state index contributed by atoms with van der Waals surface area (Å²) in [5.74, 6) is -0.1000. The van der Waals surface area contributed by atoms with Crippen LogP contribution in [0.2, 0.25) is 0 Å². The number of nitrogens with one attached hydrogen (secondary N) is 1. The number of hydrogen-bond donors (Lipinski definition) is 3. The molecule has 1 atom stereocenters. The largest absolute Gasteiger partial charge is 0.480 e. The molecule has 5 nitrogen and oxygen atoms in total. The van der Waals surface area contributed by atoms with Gasteiger partial charge >= 0.3 is 5.97 Å². The van der Waals surface area contributed by atoms with Gasteiger partial charge in [0.25, 0.3) is 0 Å². The first-order valence-electron chi connectivity index (χ1n) is 4.08. The minimum Gasteiger partial charge on any atom is -0.480 e. The third-order valence-corrected chi connectivity index (χ3v) is 2.00. The van der Waals surface area contributed by atoms with Crippen molar-refractivity contribution in [2.75, 3.05) is 12.0 Å². The number of aromatic amines is 1. The molecule has 0 fully saturated rings. The molecule has 0 spiro atoms. The molecule has 1 aromatic heterocycles. The second kappa shape index (κ2) is 8.58. The van der Waals surface area contributed by atoms with Gasteiger partial charge in [0.15, 0.2) is 0 Å². The molecule has 0 saturated heterocycles. The van der Waals surface area contributed by atoms with Crippen LogP contribution in [-0.4, -0.2) is 39.1 Å². The Morgan fingerprint density at radius 2 is 2.50 bits per heavy atom. The predicted octanol–water partition coefficient (Wildman–Crippen LogP) is 0.561. The van der Waals surface area contributed by atoms with Crippen LogP contribution in [0.4, 0.5) is 0 Å². The van der Waals surface area contributed by atoms with Gasteiger partial charge in [0, 0.05) is 12.4 Å². The topological polar surface area (TPSA) is 92.0 Å². The lowest BCUT2D eigenvalue weighted by atomic mass is 10.2. The van der Waals surface area contributed by atoms with E-state index in [1.807, 2.05) is 6.26 Å². The van der Waals surface area contributed by atoms with E-state index in [0.29, 0.717) is 6.42 Å². The molecule has 4 N–H and O–H groups in total. The van der Waals surface area contributed by atoms with Crippen LogP contribution >= 0.6 is 11.8 Å². The Balaban J connectivity index is 0.000000280. The van der Waals surface area contributed by atoms with E-state index in [1.165, 1.54) is 0 Å². The lowest BCUT2D eigenvalue weighted by Gasteiger charge is -2.02. The van der Waals surface area contributed by atoms with Crippen LogP contribution in [0, 0.1) is 0 Å². The molecular formula is C8H15N3O2S. The maximum absolute atomic E-state index is 10.1. The van der Waals surface area contributed by atoms with Gasteiger partial charge in [-0.1, -0.05) is 0 Å². The van der Waals surface area contributed by atoms with E-state index in [-0.39, 0.29) is 0 Å². The van der Waals surface area contributed by atoms with Gasteiger partial charge in [-0.15, -0.1) is 0 Å². The maximum atomic E-state index is 10.1. The van der Waals surface area contributed by atoms with E-state index < -0.39 is 12.0 Å². The van der Waals surface area contributed by atoms with Crippen molar-refractivity contribution >= 4 is 17.7 Å². The smallest absolute Gasteiger partial charge is 0.320 e. The van der Waals surface area contributed by atoms with Crippen molar-refractivity contribution in [1.29, 1.82) is 0 Å². The van der Waals surface area contributed by atoms with Crippen molar-refractivity contribution in [2.45, 2.75) is 12.5 Å². The van der Waals surface area contributed by atoms with Gasteiger partial charge in [-0.2, -0.15) is 11.8 Å². The highest BCUT2D eigenvalue weighted by atomic mass is 32.2. The van der Waals surface area contributed by atoms with E-state index >= 15 is 0 Å². The number of imidazole rings is 1. The zero-order valence-electron chi connectivity index (χ0n) is 8.01. The number of hydrogen-bond acceptors (Lipinski definition) is 4. The summed E-state index contributed by atoms with van der Waals surface area (Å²) in [6, 6.07) is -0.683. The molecule has 0 saturated carbocycles. The van der Waals surface area contributed by atoms with E-state index in [2.05, 4.69) is 9.97 Å². The predicted molar refractivity (Wildman–Crippen MR) is 57.2 cm³/mol. The number of carboxylic acid groups (broad SMARTS) is 1. The number of carbonyl (C=O) groups is 1. The lowest BCUT2D eigenvalue weighted by molar-refractivity contribution is -0.138. The Bertz CT molecular complexity index is 211. The number of nitrogens with zero attached hydrogens (tertiary/aromatic N) is 1. The first-order chi connectivity index (χ1) is 6.68. The molecule has 0 aliphatic carbocycles. The van der Waals surface area contributed by atoms with Gasteiger partial charge in [0.1, 0.15) is 6.04 Å². The normalized spacial score (nSPS) is 11.3. The van der Waals surface area contributed by atoms with E-state index in [1.54, 1.807) is 30.5 Å². The first kappa shape index (κ1) is 13.0. The van der Waals surface area contributed by atoms with Crippen LogP contribution in [0.1, 0.15) is 6.42 Å². The van der Waals surface area contributed by atoms with Crippen LogP contribution in [0.15, 0.2) is 18.7 Å². The molecule has 0 aliphatic heterocycles. The summed E-state index contributed by atoms with van der Waals surface area (Å²) in [5.41, 5.74) is 5.19. The maximum Gasteiger partial charge on any atom is 0.320 e. The van der Waals surface area contributed by atoms with Crippen molar-refractivity contribution in [2.24, 2.45) is 5.73 Å². The summed E-state index contributed by atoms with van der Waals surface area (Å²) in [6.07, 6.45) is 7.56. The molecule has 1 unspecified atom stereocenters. The van der Waals surface area contributed by atoms with E-state index in [4.69, 9.17) is 10.8 Å². The number of nitrogens with two attached hydrogens (primary N) is 1. The van der Waals surface area contributed by atoms with Gasteiger partial charge in [-0.3, -0.25) is 4.79 Å². The molecule has 0 bridgehead atoms. The Hall–Kier alpha value is -1.01. The number of aliphatic carboxylic acids is 1. The first-order valence-corrected chi connectivity index (χ1v) is 5.48. The second-order valence-electron chi connectivity index (χ2n) is 2.49. The molecular weight excluding hydrogens is 202 g/mol. The van der Waals surface area contributed by atoms with Crippen molar-refractivity contribution < 1.29 is 9.90 Å². The van der Waals surface area contributed by atoms with Crippen molar-refractivity contribution in [3.8, 4) is 0 Å². The van der Waals surface area contributed by atoms with Crippen LogP contribution < -0.4 is 5.73 Å². The van der Waals surface area contributed by atoms with Gasteiger partial charge in [-0.25, -0.2) is 4.98 Å². The highest BCUT2D eigenvalue weighted by molar-refractivity contribution is 7.98. The average molecular weight is 217 g/mol. The fraction of sp³-hybridized carbons (Fsp3) is 0.500. The fourth-order valence-electron chi connectivity index (χ4n) is 0.583. The fourth-order valence-corrected chi connectivity index (χ4v) is 1.07. The standard InChI is InChI=1S/C5H11NO2S.C3H4N2/c1-9-3-2-4(6)5(7)8;1-2-5-3-4-1/h4H,2-3,6H2,1H3,(H,7,8);1-3H,(H,4,5). The Labute approximate surface area is 87.1 Å². The molecule has 1 heterocycles. The van der Waals surface area contributed by atoms with Crippen LogP contribution in [-0.2, 0) is 4.79 Å². The molecule has 0 radical (unpaired) electrons.